The van der Waals surface area contributed by atoms with Crippen molar-refractivity contribution in [2.45, 2.75) is 33.3 Å². The number of aromatic nitrogens is 1. The molecule has 2 aromatic rings. The number of carbonyl (C=O) groups is 1. The van der Waals surface area contributed by atoms with Crippen LogP contribution in [0.2, 0.25) is 0 Å². The van der Waals surface area contributed by atoms with Gasteiger partial charge in [-0.1, -0.05) is 32.9 Å². The fourth-order valence-corrected chi connectivity index (χ4v) is 3.27. The molecule has 0 spiro atoms. The normalized spacial score (nSPS) is 17.2. The molecule has 1 aliphatic heterocycles. The van der Waals surface area contributed by atoms with E-state index >= 15 is 0 Å². The van der Waals surface area contributed by atoms with Crippen molar-refractivity contribution in [1.29, 1.82) is 0 Å². The molecule has 0 radical (unpaired) electrons. The van der Waals surface area contributed by atoms with E-state index in [-0.39, 0.29) is 11.5 Å². The van der Waals surface area contributed by atoms with Gasteiger partial charge in [0.1, 0.15) is 12.4 Å². The Hall–Kier alpha value is -2.34. The fraction of sp³-hybridized carbons (Fsp3) is 0.474. The van der Waals surface area contributed by atoms with E-state index in [4.69, 9.17) is 9.15 Å². The Bertz CT molecular complexity index is 734. The van der Waals surface area contributed by atoms with E-state index in [1.807, 2.05) is 39.0 Å². The van der Waals surface area contributed by atoms with Crippen LogP contribution in [0.3, 0.4) is 0 Å². The van der Waals surface area contributed by atoms with Crippen molar-refractivity contribution < 1.29 is 19.1 Å². The lowest BCUT2D eigenvalue weighted by Crippen LogP contribution is -2.40. The molecule has 0 fully saturated rings. The number of ether oxygens (including phenoxy) is 1. The van der Waals surface area contributed by atoms with Crippen LogP contribution in [0.4, 0.5) is 4.79 Å². The van der Waals surface area contributed by atoms with Gasteiger partial charge in [-0.3, -0.25) is 0 Å². The molecule has 1 atom stereocenters. The van der Waals surface area contributed by atoms with Gasteiger partial charge in [0.05, 0.1) is 19.3 Å². The number of nitrogens with zero attached hydrogens (tertiary/aromatic N) is 2. The summed E-state index contributed by atoms with van der Waals surface area (Å²) in [5.41, 5.74) is 2.98. The van der Waals surface area contributed by atoms with Gasteiger partial charge in [-0.15, -0.1) is 0 Å². The third-order valence-corrected chi connectivity index (χ3v) is 4.21. The molecule has 25 heavy (non-hydrogen) atoms. The van der Waals surface area contributed by atoms with Crippen LogP contribution < -0.4 is 0 Å². The van der Waals surface area contributed by atoms with E-state index in [9.17, 15) is 9.90 Å². The Morgan fingerprint density at radius 2 is 2.20 bits per heavy atom. The van der Waals surface area contributed by atoms with Crippen molar-refractivity contribution in [2.75, 3.05) is 19.7 Å². The van der Waals surface area contributed by atoms with E-state index in [2.05, 4.69) is 4.98 Å². The van der Waals surface area contributed by atoms with Crippen LogP contribution in [0.1, 0.15) is 38.0 Å². The van der Waals surface area contributed by atoms with Crippen LogP contribution >= 0.6 is 0 Å². The number of rotatable bonds is 4. The van der Waals surface area contributed by atoms with Crippen LogP contribution in [0.5, 0.6) is 0 Å². The number of amides is 1. The van der Waals surface area contributed by atoms with Gasteiger partial charge >= 0.3 is 6.09 Å². The van der Waals surface area contributed by atoms with Gasteiger partial charge < -0.3 is 19.2 Å². The second kappa shape index (κ2) is 6.88. The van der Waals surface area contributed by atoms with Gasteiger partial charge in [0.15, 0.2) is 0 Å². The maximum Gasteiger partial charge on any atom is 0.407 e. The molecule has 0 unspecified atom stereocenters. The summed E-state index contributed by atoms with van der Waals surface area (Å²) in [4.78, 5) is 17.3. The minimum Gasteiger partial charge on any atom is -0.465 e. The van der Waals surface area contributed by atoms with Gasteiger partial charge in [-0.05, 0) is 29.0 Å². The molecule has 2 heterocycles. The summed E-state index contributed by atoms with van der Waals surface area (Å²) in [6, 6.07) is 5.93. The number of oxazole rings is 1. The fourth-order valence-electron chi connectivity index (χ4n) is 3.27. The molecule has 134 valence electrons. The maximum absolute atomic E-state index is 11.7. The Kier molecular flexibility index (Phi) is 4.81. The zero-order valence-electron chi connectivity index (χ0n) is 14.9. The Morgan fingerprint density at radius 1 is 1.40 bits per heavy atom. The molecule has 1 amide bonds. The molecular weight excluding hydrogens is 320 g/mol. The second-order valence-electron chi connectivity index (χ2n) is 7.54. The first-order valence-corrected chi connectivity index (χ1v) is 8.46. The summed E-state index contributed by atoms with van der Waals surface area (Å²) >= 11 is 0. The summed E-state index contributed by atoms with van der Waals surface area (Å²) in [6.45, 7) is 7.40. The molecule has 1 aromatic heterocycles. The largest absolute Gasteiger partial charge is 0.465 e. The van der Waals surface area contributed by atoms with Crippen LogP contribution in [-0.2, 0) is 11.2 Å². The Morgan fingerprint density at radius 3 is 2.84 bits per heavy atom. The molecule has 0 aliphatic carbocycles. The first-order chi connectivity index (χ1) is 11.8. The standard InChI is InChI=1S/C19H24N2O4/c1-19(2,3)12-21(18(22)23)11-16-14-5-4-6-15(13(14)7-9-24-16)17-20-8-10-25-17/h4-6,8,10,16H,7,9,11-12H2,1-3H3,(H,22,23)/t16-/m0/s1. The third kappa shape index (κ3) is 4.02. The van der Waals surface area contributed by atoms with E-state index in [1.54, 1.807) is 12.5 Å². The molecule has 0 saturated heterocycles. The predicted molar refractivity (Wildman–Crippen MR) is 93.4 cm³/mol. The van der Waals surface area contributed by atoms with Gasteiger partial charge in [-0.25, -0.2) is 9.78 Å². The van der Waals surface area contributed by atoms with Gasteiger partial charge in [-0.2, -0.15) is 0 Å². The van der Waals surface area contributed by atoms with Gasteiger partial charge in [0.25, 0.3) is 0 Å². The highest BCUT2D eigenvalue weighted by Crippen LogP contribution is 2.34. The number of carboxylic acid groups (broad SMARTS) is 1. The van der Waals surface area contributed by atoms with E-state index in [1.165, 1.54) is 4.90 Å². The molecule has 0 saturated carbocycles. The molecular formula is C19H24N2O4. The zero-order chi connectivity index (χ0) is 18.0. The Balaban J connectivity index is 1.89. The number of benzene rings is 1. The lowest BCUT2D eigenvalue weighted by molar-refractivity contribution is 0.0121. The van der Waals surface area contributed by atoms with Crippen LogP contribution in [0, 0.1) is 5.41 Å². The monoisotopic (exact) mass is 344 g/mol. The van der Waals surface area contributed by atoms with Gasteiger partial charge in [0.2, 0.25) is 5.89 Å². The minimum atomic E-state index is -0.922. The molecule has 1 N–H and O–H groups in total. The lowest BCUT2D eigenvalue weighted by Gasteiger charge is -2.33. The SMILES string of the molecule is CC(C)(C)CN(C[C@@H]1OCCc2c(-c3ncco3)cccc21)C(=O)O. The van der Waals surface area contributed by atoms with Crippen molar-refractivity contribution >= 4 is 6.09 Å². The molecule has 1 aliphatic rings. The van der Waals surface area contributed by atoms with E-state index in [0.717, 1.165) is 23.1 Å². The van der Waals surface area contributed by atoms with Crippen molar-refractivity contribution in [3.63, 3.8) is 0 Å². The van der Waals surface area contributed by atoms with Crippen molar-refractivity contribution in [1.82, 2.24) is 9.88 Å². The summed E-state index contributed by atoms with van der Waals surface area (Å²) in [5.74, 6) is 0.585. The summed E-state index contributed by atoms with van der Waals surface area (Å²) in [7, 11) is 0. The Labute approximate surface area is 147 Å². The zero-order valence-corrected chi connectivity index (χ0v) is 14.9. The summed E-state index contributed by atoms with van der Waals surface area (Å²) in [5, 5.41) is 9.57. The summed E-state index contributed by atoms with van der Waals surface area (Å²) in [6.07, 6.45) is 2.74. The van der Waals surface area contributed by atoms with E-state index in [0.29, 0.717) is 25.6 Å². The first kappa shape index (κ1) is 17.5. The smallest absolute Gasteiger partial charge is 0.407 e. The topological polar surface area (TPSA) is 75.8 Å². The van der Waals surface area contributed by atoms with Crippen molar-refractivity contribution in [3.05, 3.63) is 41.8 Å². The second-order valence-corrected chi connectivity index (χ2v) is 7.54. The van der Waals surface area contributed by atoms with Crippen molar-refractivity contribution in [3.8, 4) is 11.5 Å². The van der Waals surface area contributed by atoms with Gasteiger partial charge in [0, 0.05) is 12.1 Å². The highest BCUT2D eigenvalue weighted by molar-refractivity contribution is 5.65. The predicted octanol–water partition coefficient (Wildman–Crippen LogP) is 3.98. The van der Waals surface area contributed by atoms with Crippen molar-refractivity contribution in [2.24, 2.45) is 5.41 Å². The quantitative estimate of drug-likeness (QED) is 0.908. The summed E-state index contributed by atoms with van der Waals surface area (Å²) < 4.78 is 11.4. The van der Waals surface area contributed by atoms with E-state index < -0.39 is 6.09 Å². The average Bonchev–Trinajstić information content (AvgIpc) is 3.07. The highest BCUT2D eigenvalue weighted by atomic mass is 16.5. The average molecular weight is 344 g/mol. The van der Waals surface area contributed by atoms with Crippen LogP contribution in [-0.4, -0.2) is 40.8 Å². The molecule has 0 bridgehead atoms. The lowest BCUT2D eigenvalue weighted by atomic mass is 9.91. The number of hydrogen-bond donors (Lipinski definition) is 1. The molecule has 3 rings (SSSR count). The number of hydrogen-bond acceptors (Lipinski definition) is 4. The molecule has 6 heteroatoms. The maximum atomic E-state index is 11.7. The van der Waals surface area contributed by atoms with Crippen LogP contribution in [0.25, 0.3) is 11.5 Å². The first-order valence-electron chi connectivity index (χ1n) is 8.46. The minimum absolute atomic E-state index is 0.115. The third-order valence-electron chi connectivity index (χ3n) is 4.21. The number of fused-ring (bicyclic) bond motifs is 1. The molecule has 6 nitrogen and oxygen atoms in total. The molecule has 1 aromatic carbocycles. The van der Waals surface area contributed by atoms with Crippen LogP contribution in [0.15, 0.2) is 35.1 Å². The highest BCUT2D eigenvalue weighted by Gasteiger charge is 2.29.